The standard InChI is InChI=1S/C21H20N4O3.C2H4O/c1-12(19(22)26)24-20(27)13(2)25-11-18-16(5-4-6-17(18)21(25)28)14-7-9-15(23-3)10-8-14;1-2-3/h4-10,23H,1-2,11H2,3H3,(H2,22,26)(H,24,27);2H,1H3. The van der Waals surface area contributed by atoms with Crippen LogP contribution in [-0.4, -0.2) is 36.0 Å². The first kappa shape index (κ1) is 23.1. The van der Waals surface area contributed by atoms with Crippen molar-refractivity contribution in [3.05, 3.63) is 78.1 Å². The Morgan fingerprint density at radius 2 is 1.68 bits per heavy atom. The average Bonchev–Trinajstić information content (AvgIpc) is 3.10. The second-order valence-electron chi connectivity index (χ2n) is 6.53. The van der Waals surface area contributed by atoms with Crippen molar-refractivity contribution < 1.29 is 19.2 Å². The van der Waals surface area contributed by atoms with E-state index in [1.807, 2.05) is 37.4 Å². The molecule has 8 nitrogen and oxygen atoms in total. The largest absolute Gasteiger partial charge is 0.388 e. The number of aldehydes is 1. The van der Waals surface area contributed by atoms with E-state index in [4.69, 9.17) is 10.5 Å². The lowest BCUT2D eigenvalue weighted by Crippen LogP contribution is -2.37. The molecular weight excluding hydrogens is 396 g/mol. The van der Waals surface area contributed by atoms with Crippen LogP contribution in [0, 0.1) is 0 Å². The second kappa shape index (κ2) is 10.0. The number of carbonyl (C=O) groups excluding carboxylic acids is 4. The Labute approximate surface area is 180 Å². The van der Waals surface area contributed by atoms with Crippen molar-refractivity contribution in [2.24, 2.45) is 5.73 Å². The van der Waals surface area contributed by atoms with Crippen LogP contribution in [0.5, 0.6) is 0 Å². The third-order valence-electron chi connectivity index (χ3n) is 4.60. The maximum absolute atomic E-state index is 12.8. The third kappa shape index (κ3) is 5.05. The number of anilines is 1. The van der Waals surface area contributed by atoms with Gasteiger partial charge >= 0.3 is 0 Å². The SMILES string of the molecule is C=C(NC(=O)C(=C)N1Cc2c(cccc2-c2ccc(NC)cc2)C1=O)C(N)=O.CC=O. The summed E-state index contributed by atoms with van der Waals surface area (Å²) in [4.78, 5) is 46.2. The lowest BCUT2D eigenvalue weighted by molar-refractivity contribution is -0.121. The number of fused-ring (bicyclic) bond motifs is 1. The van der Waals surface area contributed by atoms with Gasteiger partial charge in [0.25, 0.3) is 17.7 Å². The Balaban J connectivity index is 0.00000107. The van der Waals surface area contributed by atoms with E-state index in [0.29, 0.717) is 5.56 Å². The van der Waals surface area contributed by atoms with Crippen LogP contribution in [0.4, 0.5) is 5.69 Å². The average molecular weight is 420 g/mol. The lowest BCUT2D eigenvalue weighted by atomic mass is 9.97. The maximum Gasteiger partial charge on any atom is 0.271 e. The molecule has 0 aliphatic carbocycles. The van der Waals surface area contributed by atoms with Gasteiger partial charge in [-0.1, -0.05) is 37.4 Å². The molecule has 1 aliphatic heterocycles. The monoisotopic (exact) mass is 420 g/mol. The van der Waals surface area contributed by atoms with Gasteiger partial charge in [-0.15, -0.1) is 0 Å². The van der Waals surface area contributed by atoms with Crippen LogP contribution in [0.1, 0.15) is 22.8 Å². The van der Waals surface area contributed by atoms with Crippen LogP contribution in [0.15, 0.2) is 67.0 Å². The molecule has 1 heterocycles. The van der Waals surface area contributed by atoms with Gasteiger partial charge in [-0.3, -0.25) is 19.3 Å². The quantitative estimate of drug-likeness (QED) is 0.488. The molecule has 31 heavy (non-hydrogen) atoms. The van der Waals surface area contributed by atoms with E-state index >= 15 is 0 Å². The molecule has 0 saturated heterocycles. The van der Waals surface area contributed by atoms with Crippen LogP contribution in [0.3, 0.4) is 0 Å². The first-order chi connectivity index (χ1) is 14.7. The van der Waals surface area contributed by atoms with Crippen LogP contribution in [0.2, 0.25) is 0 Å². The minimum absolute atomic E-state index is 0.0833. The molecule has 0 radical (unpaired) electrons. The van der Waals surface area contributed by atoms with Crippen LogP contribution < -0.4 is 16.4 Å². The number of rotatable bonds is 6. The van der Waals surface area contributed by atoms with Gasteiger partial charge in [-0.05, 0) is 41.8 Å². The van der Waals surface area contributed by atoms with Gasteiger partial charge in [0.05, 0.1) is 12.2 Å². The fraction of sp³-hybridized carbons (Fsp3) is 0.130. The summed E-state index contributed by atoms with van der Waals surface area (Å²) in [5.41, 5.74) is 8.90. The van der Waals surface area contributed by atoms with E-state index in [1.54, 1.807) is 12.1 Å². The number of primary amides is 1. The van der Waals surface area contributed by atoms with E-state index in [0.717, 1.165) is 28.7 Å². The number of benzene rings is 2. The molecule has 0 atom stereocenters. The molecular formula is C23H24N4O4. The van der Waals surface area contributed by atoms with E-state index in [1.165, 1.54) is 11.8 Å². The van der Waals surface area contributed by atoms with E-state index in [-0.39, 0.29) is 23.8 Å². The minimum Gasteiger partial charge on any atom is -0.388 e. The van der Waals surface area contributed by atoms with Crippen molar-refractivity contribution in [3.8, 4) is 11.1 Å². The van der Waals surface area contributed by atoms with Crippen molar-refractivity contribution in [1.29, 1.82) is 0 Å². The van der Waals surface area contributed by atoms with Crippen molar-refractivity contribution in [3.63, 3.8) is 0 Å². The van der Waals surface area contributed by atoms with E-state index < -0.39 is 11.8 Å². The molecule has 0 aromatic heterocycles. The number of hydrogen-bond acceptors (Lipinski definition) is 5. The molecule has 8 heteroatoms. The first-order valence-electron chi connectivity index (χ1n) is 9.35. The third-order valence-corrected chi connectivity index (χ3v) is 4.60. The highest BCUT2D eigenvalue weighted by Gasteiger charge is 2.33. The Morgan fingerprint density at radius 3 is 2.23 bits per heavy atom. The molecule has 3 amide bonds. The summed E-state index contributed by atoms with van der Waals surface area (Å²) >= 11 is 0. The number of amides is 3. The molecule has 0 saturated carbocycles. The fourth-order valence-electron chi connectivity index (χ4n) is 3.03. The van der Waals surface area contributed by atoms with Crippen molar-refractivity contribution in [2.75, 3.05) is 12.4 Å². The maximum atomic E-state index is 12.8. The van der Waals surface area contributed by atoms with Gasteiger partial charge in [0.2, 0.25) is 0 Å². The molecule has 0 fully saturated rings. The Hall–Kier alpha value is -4.20. The molecule has 2 aromatic rings. The van der Waals surface area contributed by atoms with Gasteiger partial charge in [0.15, 0.2) is 0 Å². The smallest absolute Gasteiger partial charge is 0.271 e. The molecule has 3 rings (SSSR count). The summed E-state index contributed by atoms with van der Waals surface area (Å²) < 4.78 is 0. The summed E-state index contributed by atoms with van der Waals surface area (Å²) in [6.45, 7) is 8.72. The summed E-state index contributed by atoms with van der Waals surface area (Å²) in [5.74, 6) is -1.89. The fourth-order valence-corrected chi connectivity index (χ4v) is 3.03. The highest BCUT2D eigenvalue weighted by Crippen LogP contribution is 2.34. The number of hydrogen-bond donors (Lipinski definition) is 3. The van der Waals surface area contributed by atoms with Crippen molar-refractivity contribution >= 4 is 29.7 Å². The van der Waals surface area contributed by atoms with Crippen LogP contribution in [-0.2, 0) is 20.9 Å². The van der Waals surface area contributed by atoms with E-state index in [2.05, 4.69) is 23.8 Å². The molecule has 0 spiro atoms. The Bertz CT molecular complexity index is 1060. The topological polar surface area (TPSA) is 122 Å². The predicted octanol–water partition coefficient (Wildman–Crippen LogP) is 2.19. The molecule has 0 bridgehead atoms. The molecule has 2 aromatic carbocycles. The number of carbonyl (C=O) groups is 4. The zero-order valence-corrected chi connectivity index (χ0v) is 17.4. The zero-order chi connectivity index (χ0) is 23.1. The highest BCUT2D eigenvalue weighted by molar-refractivity contribution is 6.08. The second-order valence-corrected chi connectivity index (χ2v) is 6.53. The van der Waals surface area contributed by atoms with Gasteiger partial charge in [-0.25, -0.2) is 0 Å². The van der Waals surface area contributed by atoms with Crippen molar-refractivity contribution in [2.45, 2.75) is 13.5 Å². The Morgan fingerprint density at radius 1 is 1.10 bits per heavy atom. The van der Waals surface area contributed by atoms with E-state index in [9.17, 15) is 14.4 Å². The molecule has 4 N–H and O–H groups in total. The Kier molecular flexibility index (Phi) is 7.46. The lowest BCUT2D eigenvalue weighted by Gasteiger charge is -2.18. The molecule has 1 aliphatic rings. The zero-order valence-electron chi connectivity index (χ0n) is 17.4. The molecule has 160 valence electrons. The van der Waals surface area contributed by atoms with Gasteiger partial charge in [0, 0.05) is 18.3 Å². The van der Waals surface area contributed by atoms with Crippen LogP contribution >= 0.6 is 0 Å². The normalized spacial score (nSPS) is 11.5. The van der Waals surface area contributed by atoms with Gasteiger partial charge in [-0.2, -0.15) is 0 Å². The van der Waals surface area contributed by atoms with Gasteiger partial charge in [0.1, 0.15) is 12.0 Å². The summed E-state index contributed by atoms with van der Waals surface area (Å²) in [6, 6.07) is 13.3. The summed E-state index contributed by atoms with van der Waals surface area (Å²) in [5, 5.41) is 5.32. The minimum atomic E-state index is -0.857. The number of nitrogens with zero attached hydrogens (tertiary/aromatic N) is 1. The number of nitrogens with two attached hydrogens (primary N) is 1. The molecule has 0 unspecified atom stereocenters. The first-order valence-corrected chi connectivity index (χ1v) is 9.35. The predicted molar refractivity (Wildman–Crippen MR) is 119 cm³/mol. The summed E-state index contributed by atoms with van der Waals surface area (Å²) in [6.07, 6.45) is 0.750. The van der Waals surface area contributed by atoms with Crippen molar-refractivity contribution in [1.82, 2.24) is 10.2 Å². The van der Waals surface area contributed by atoms with Crippen LogP contribution in [0.25, 0.3) is 11.1 Å². The number of nitrogens with one attached hydrogen (secondary N) is 2. The summed E-state index contributed by atoms with van der Waals surface area (Å²) in [7, 11) is 1.84. The van der Waals surface area contributed by atoms with Gasteiger partial charge < -0.3 is 21.2 Å². The highest BCUT2D eigenvalue weighted by atomic mass is 16.2.